The summed E-state index contributed by atoms with van der Waals surface area (Å²) in [4.78, 5) is 12.2. The van der Waals surface area contributed by atoms with Crippen molar-refractivity contribution < 1.29 is 4.79 Å². The molecule has 0 aliphatic carbocycles. The van der Waals surface area contributed by atoms with E-state index in [-0.39, 0.29) is 11.9 Å². The number of hydrogen-bond acceptors (Lipinski definition) is 2. The quantitative estimate of drug-likeness (QED) is 0.873. The van der Waals surface area contributed by atoms with Crippen molar-refractivity contribution in [1.82, 2.24) is 10.6 Å². The first kappa shape index (κ1) is 16.3. The van der Waals surface area contributed by atoms with Crippen LogP contribution in [0.15, 0.2) is 24.3 Å². The number of carbonyl (C=O) groups is 1. The molecule has 0 saturated carbocycles. The Bertz CT molecular complexity index is 472. The molecule has 1 fully saturated rings. The molecule has 0 spiro atoms. The second-order valence-corrected chi connectivity index (χ2v) is 6.49. The van der Waals surface area contributed by atoms with Crippen LogP contribution in [0.5, 0.6) is 0 Å². The van der Waals surface area contributed by atoms with Gasteiger partial charge in [-0.25, -0.2) is 0 Å². The maximum atomic E-state index is 12.2. The third-order valence-electron chi connectivity index (χ3n) is 4.45. The third kappa shape index (κ3) is 4.72. The highest BCUT2D eigenvalue weighted by molar-refractivity contribution is 6.31. The zero-order chi connectivity index (χ0) is 15.2. The number of piperidine rings is 1. The lowest BCUT2D eigenvalue weighted by atomic mass is 9.84. The Morgan fingerprint density at radius 2 is 2.00 bits per heavy atom. The van der Waals surface area contributed by atoms with Gasteiger partial charge in [0.25, 0.3) is 0 Å². The lowest BCUT2D eigenvalue weighted by Crippen LogP contribution is -2.34. The van der Waals surface area contributed by atoms with Crippen molar-refractivity contribution in [1.29, 1.82) is 0 Å². The van der Waals surface area contributed by atoms with Gasteiger partial charge >= 0.3 is 0 Å². The van der Waals surface area contributed by atoms with Crippen LogP contribution in [0.2, 0.25) is 5.02 Å². The SMILES string of the molecule is CC(NC(=O)CC(C)C1CCNCC1)c1ccccc1Cl. The van der Waals surface area contributed by atoms with E-state index >= 15 is 0 Å². The van der Waals surface area contributed by atoms with Gasteiger partial charge in [-0.2, -0.15) is 0 Å². The van der Waals surface area contributed by atoms with Crippen molar-refractivity contribution in [2.75, 3.05) is 13.1 Å². The molecule has 1 amide bonds. The number of carbonyl (C=O) groups excluding carboxylic acids is 1. The molecule has 2 N–H and O–H groups in total. The summed E-state index contributed by atoms with van der Waals surface area (Å²) >= 11 is 6.17. The van der Waals surface area contributed by atoms with Gasteiger partial charge in [0.05, 0.1) is 6.04 Å². The van der Waals surface area contributed by atoms with Crippen molar-refractivity contribution in [2.24, 2.45) is 11.8 Å². The van der Waals surface area contributed by atoms with Gasteiger partial charge in [0.1, 0.15) is 0 Å². The van der Waals surface area contributed by atoms with Gasteiger partial charge in [-0.1, -0.05) is 36.7 Å². The molecule has 0 aromatic heterocycles. The largest absolute Gasteiger partial charge is 0.350 e. The molecule has 1 heterocycles. The zero-order valence-electron chi connectivity index (χ0n) is 12.9. The number of amides is 1. The topological polar surface area (TPSA) is 41.1 Å². The molecule has 0 bridgehead atoms. The standard InChI is InChI=1S/C17H25ClN2O/c1-12(14-7-9-19-10-8-14)11-17(21)20-13(2)15-5-3-4-6-16(15)18/h3-6,12-14,19H,7-11H2,1-2H3,(H,20,21). The first-order chi connectivity index (χ1) is 10.1. The average molecular weight is 309 g/mol. The Kier molecular flexibility index (Phi) is 6.07. The van der Waals surface area contributed by atoms with Crippen molar-refractivity contribution in [3.05, 3.63) is 34.9 Å². The molecule has 2 unspecified atom stereocenters. The smallest absolute Gasteiger partial charge is 0.220 e. The lowest BCUT2D eigenvalue weighted by molar-refractivity contribution is -0.123. The van der Waals surface area contributed by atoms with Gasteiger partial charge in [-0.3, -0.25) is 4.79 Å². The summed E-state index contributed by atoms with van der Waals surface area (Å²) in [6, 6.07) is 7.62. The van der Waals surface area contributed by atoms with Crippen LogP contribution in [0.3, 0.4) is 0 Å². The van der Waals surface area contributed by atoms with E-state index in [1.807, 2.05) is 31.2 Å². The number of hydrogen-bond donors (Lipinski definition) is 2. The summed E-state index contributed by atoms with van der Waals surface area (Å²) in [6.45, 7) is 6.32. The Balaban J connectivity index is 1.85. The molecule has 0 radical (unpaired) electrons. The molecule has 1 aromatic carbocycles. The number of nitrogens with one attached hydrogen (secondary N) is 2. The summed E-state index contributed by atoms with van der Waals surface area (Å²) in [5.41, 5.74) is 0.974. The highest BCUT2D eigenvalue weighted by atomic mass is 35.5. The predicted octanol–water partition coefficient (Wildman–Crippen LogP) is 3.54. The van der Waals surface area contributed by atoms with Crippen LogP contribution in [-0.2, 0) is 4.79 Å². The molecule has 1 aliphatic heterocycles. The van der Waals surface area contributed by atoms with Crippen LogP contribution < -0.4 is 10.6 Å². The van der Waals surface area contributed by atoms with E-state index < -0.39 is 0 Å². The van der Waals surface area contributed by atoms with Crippen LogP contribution in [0.4, 0.5) is 0 Å². The van der Waals surface area contributed by atoms with Crippen molar-refractivity contribution >= 4 is 17.5 Å². The summed E-state index contributed by atoms with van der Waals surface area (Å²) in [6.07, 6.45) is 2.95. The Hall–Kier alpha value is -1.06. The Labute approximate surface area is 132 Å². The number of benzene rings is 1. The molecule has 1 aromatic rings. The molecule has 116 valence electrons. The summed E-state index contributed by atoms with van der Waals surface area (Å²) in [5.74, 6) is 1.21. The van der Waals surface area contributed by atoms with Gasteiger partial charge in [-0.05, 0) is 56.3 Å². The maximum absolute atomic E-state index is 12.2. The van der Waals surface area contributed by atoms with Crippen molar-refractivity contribution in [3.8, 4) is 0 Å². The van der Waals surface area contributed by atoms with E-state index in [1.54, 1.807) is 0 Å². The first-order valence-corrected chi connectivity index (χ1v) is 8.20. The Morgan fingerprint density at radius 3 is 2.67 bits per heavy atom. The van der Waals surface area contributed by atoms with Gasteiger partial charge in [0.2, 0.25) is 5.91 Å². The maximum Gasteiger partial charge on any atom is 0.220 e. The molecule has 1 saturated heterocycles. The number of rotatable bonds is 5. The second kappa shape index (κ2) is 7.81. The Morgan fingerprint density at radius 1 is 1.33 bits per heavy atom. The molecule has 4 heteroatoms. The van der Waals surface area contributed by atoms with Gasteiger partial charge in [0, 0.05) is 11.4 Å². The summed E-state index contributed by atoms with van der Waals surface area (Å²) in [7, 11) is 0. The highest BCUT2D eigenvalue weighted by Crippen LogP contribution is 2.25. The molecule has 2 rings (SSSR count). The highest BCUT2D eigenvalue weighted by Gasteiger charge is 2.22. The van der Waals surface area contributed by atoms with Crippen LogP contribution >= 0.6 is 11.6 Å². The van der Waals surface area contributed by atoms with Crippen molar-refractivity contribution in [3.63, 3.8) is 0 Å². The van der Waals surface area contributed by atoms with E-state index in [9.17, 15) is 4.79 Å². The van der Waals surface area contributed by atoms with Gasteiger partial charge in [0.15, 0.2) is 0 Å². The normalized spacial score (nSPS) is 19.0. The minimum atomic E-state index is -0.0496. The van der Waals surface area contributed by atoms with E-state index in [1.165, 1.54) is 12.8 Å². The lowest BCUT2D eigenvalue weighted by Gasteiger charge is -2.28. The zero-order valence-corrected chi connectivity index (χ0v) is 13.6. The summed E-state index contributed by atoms with van der Waals surface area (Å²) < 4.78 is 0. The van der Waals surface area contributed by atoms with E-state index in [4.69, 9.17) is 11.6 Å². The van der Waals surface area contributed by atoms with Crippen molar-refractivity contribution in [2.45, 2.75) is 39.2 Å². The van der Waals surface area contributed by atoms with Crippen LogP contribution in [0.1, 0.15) is 44.7 Å². The third-order valence-corrected chi connectivity index (χ3v) is 4.79. The van der Waals surface area contributed by atoms with Crippen LogP contribution in [-0.4, -0.2) is 19.0 Å². The second-order valence-electron chi connectivity index (χ2n) is 6.08. The summed E-state index contributed by atoms with van der Waals surface area (Å²) in [5, 5.41) is 7.14. The average Bonchev–Trinajstić information content (AvgIpc) is 2.48. The molecular formula is C17H25ClN2O. The van der Waals surface area contributed by atoms with E-state index in [0.717, 1.165) is 18.7 Å². The fraction of sp³-hybridized carbons (Fsp3) is 0.588. The van der Waals surface area contributed by atoms with Crippen LogP contribution in [0, 0.1) is 11.8 Å². The molecule has 2 atom stereocenters. The van der Waals surface area contributed by atoms with E-state index in [2.05, 4.69) is 17.6 Å². The number of halogens is 1. The molecule has 3 nitrogen and oxygen atoms in total. The van der Waals surface area contributed by atoms with Gasteiger partial charge in [-0.15, -0.1) is 0 Å². The first-order valence-electron chi connectivity index (χ1n) is 7.82. The predicted molar refractivity (Wildman–Crippen MR) is 87.4 cm³/mol. The minimum Gasteiger partial charge on any atom is -0.350 e. The van der Waals surface area contributed by atoms with Crippen LogP contribution in [0.25, 0.3) is 0 Å². The van der Waals surface area contributed by atoms with Gasteiger partial charge < -0.3 is 10.6 Å². The molecule has 21 heavy (non-hydrogen) atoms. The minimum absolute atomic E-state index is 0.0496. The fourth-order valence-corrected chi connectivity index (χ4v) is 3.38. The molecule has 1 aliphatic rings. The monoisotopic (exact) mass is 308 g/mol. The fourth-order valence-electron chi connectivity index (χ4n) is 3.08. The molecular weight excluding hydrogens is 284 g/mol. The van der Waals surface area contributed by atoms with E-state index in [0.29, 0.717) is 23.3 Å².